The van der Waals surface area contributed by atoms with Crippen LogP contribution in [0.2, 0.25) is 0 Å². The zero-order valence-electron chi connectivity index (χ0n) is 36.5. The van der Waals surface area contributed by atoms with E-state index in [9.17, 15) is 9.59 Å². The number of unbranched alkanes of at least 4 members (excludes halogenated alkanes) is 10. The van der Waals surface area contributed by atoms with Crippen LogP contribution in [0, 0.1) is 23.7 Å². The maximum atomic E-state index is 12.9. The predicted molar refractivity (Wildman–Crippen MR) is 235 cm³/mol. The van der Waals surface area contributed by atoms with Crippen molar-refractivity contribution < 1.29 is 19.1 Å². The summed E-state index contributed by atoms with van der Waals surface area (Å²) in [7, 11) is 0. The van der Waals surface area contributed by atoms with E-state index in [0.29, 0.717) is 11.1 Å². The Bertz CT molecular complexity index is 1210. The lowest BCUT2D eigenvalue weighted by molar-refractivity contribution is -0.0239. The van der Waals surface area contributed by atoms with Crippen LogP contribution in [0.15, 0.2) is 48.5 Å². The van der Waals surface area contributed by atoms with Gasteiger partial charge in [0.15, 0.2) is 0 Å². The summed E-state index contributed by atoms with van der Waals surface area (Å²) < 4.78 is 11.4. The van der Waals surface area contributed by atoms with Crippen molar-refractivity contribution in [3.63, 3.8) is 0 Å². The topological polar surface area (TPSA) is 52.6 Å². The number of hydrogen-bond donors (Lipinski definition) is 0. The molecule has 4 heteroatoms. The lowest BCUT2D eigenvalue weighted by atomic mass is 9.78. The molecule has 0 spiro atoms. The van der Waals surface area contributed by atoms with Gasteiger partial charge in [-0.3, -0.25) is 0 Å². The number of carbonyl (C=O) groups is 2. The van der Waals surface area contributed by atoms with Crippen LogP contribution in [0.1, 0.15) is 226 Å². The van der Waals surface area contributed by atoms with Crippen LogP contribution in [0.5, 0.6) is 0 Å². The molecule has 0 amide bonds. The number of esters is 2. The van der Waals surface area contributed by atoms with Crippen molar-refractivity contribution in [2.24, 2.45) is 23.7 Å². The van der Waals surface area contributed by atoms with Crippen molar-refractivity contribution >= 4 is 11.9 Å². The van der Waals surface area contributed by atoms with Gasteiger partial charge >= 0.3 is 11.9 Å². The molecule has 0 aromatic heterocycles. The van der Waals surface area contributed by atoms with Gasteiger partial charge in [0.1, 0.15) is 12.2 Å². The van der Waals surface area contributed by atoms with Crippen LogP contribution >= 0.6 is 0 Å². The highest BCUT2D eigenvalue weighted by molar-refractivity contribution is 5.90. The third-order valence-electron chi connectivity index (χ3n) is 13.6. The Hall–Kier alpha value is -2.62. The molecule has 4 nitrogen and oxygen atoms in total. The van der Waals surface area contributed by atoms with Gasteiger partial charge in [0, 0.05) is 0 Å². The van der Waals surface area contributed by atoms with E-state index in [1.54, 1.807) is 13.8 Å². The van der Waals surface area contributed by atoms with Gasteiger partial charge in [-0.15, -0.1) is 0 Å². The average Bonchev–Trinajstić information content (AvgIpc) is 3.22. The van der Waals surface area contributed by atoms with E-state index in [4.69, 9.17) is 9.47 Å². The molecule has 2 saturated carbocycles. The summed E-state index contributed by atoms with van der Waals surface area (Å²) in [6, 6.07) is 15.7. The fraction of sp³-hybridized carbons (Fsp3) is 0.731. The molecule has 2 aromatic carbocycles. The molecule has 0 radical (unpaired) electrons. The molecule has 4 rings (SSSR count). The molecule has 56 heavy (non-hydrogen) atoms. The minimum Gasteiger partial charge on any atom is -0.455 e. The van der Waals surface area contributed by atoms with Crippen molar-refractivity contribution in [1.82, 2.24) is 0 Å². The Morgan fingerprint density at radius 3 is 1.04 bits per heavy atom. The lowest BCUT2D eigenvalue weighted by Crippen LogP contribution is -2.30. The second-order valence-electron chi connectivity index (χ2n) is 18.3. The zero-order valence-corrected chi connectivity index (χ0v) is 36.5. The molecular weight excluding hydrogens is 689 g/mol. The van der Waals surface area contributed by atoms with Gasteiger partial charge < -0.3 is 9.47 Å². The van der Waals surface area contributed by atoms with Gasteiger partial charge in [0.25, 0.3) is 0 Å². The van der Waals surface area contributed by atoms with Gasteiger partial charge in [-0.25, -0.2) is 9.59 Å². The first-order valence-electron chi connectivity index (χ1n) is 23.9. The average molecular weight is 771 g/mol. The SMILES string of the molecule is CCCCCCC[C@H]1CC[C@H](CCCCc2ccc(C(=O)O[C@H](C)[C@@H](C)OC(=O)c3ccc(CCCC[C@H]4CC[C@H](CCCCCCC)CC4)cc3)cc2)CC1. The van der Waals surface area contributed by atoms with Gasteiger partial charge in [-0.2, -0.15) is 0 Å². The molecule has 0 heterocycles. The predicted octanol–water partition coefficient (Wildman–Crippen LogP) is 15.2. The van der Waals surface area contributed by atoms with Crippen molar-refractivity contribution in [3.05, 3.63) is 70.8 Å². The molecule has 0 saturated heterocycles. The molecule has 314 valence electrons. The molecule has 2 fully saturated rings. The smallest absolute Gasteiger partial charge is 0.338 e. The van der Waals surface area contributed by atoms with Gasteiger partial charge in [-0.1, -0.05) is 192 Å². The highest BCUT2D eigenvalue weighted by Crippen LogP contribution is 2.36. The van der Waals surface area contributed by atoms with Crippen molar-refractivity contribution in [2.75, 3.05) is 0 Å². The maximum absolute atomic E-state index is 12.9. The van der Waals surface area contributed by atoms with E-state index in [1.807, 2.05) is 24.3 Å². The van der Waals surface area contributed by atoms with Crippen LogP contribution in [0.3, 0.4) is 0 Å². The Balaban J connectivity index is 1.04. The normalized spacial score (nSPS) is 21.0. The number of rotatable bonds is 27. The molecule has 2 aliphatic carbocycles. The fourth-order valence-electron chi connectivity index (χ4n) is 9.50. The summed E-state index contributed by atoms with van der Waals surface area (Å²) >= 11 is 0. The lowest BCUT2D eigenvalue weighted by Gasteiger charge is -2.28. The minimum atomic E-state index is -0.558. The Morgan fingerprint density at radius 2 is 0.732 bits per heavy atom. The molecule has 0 bridgehead atoms. The highest BCUT2D eigenvalue weighted by Gasteiger charge is 2.24. The molecule has 0 unspecified atom stereocenters. The summed E-state index contributed by atoms with van der Waals surface area (Å²) in [6.45, 7) is 8.16. The van der Waals surface area contributed by atoms with Crippen molar-refractivity contribution in [2.45, 2.75) is 220 Å². The van der Waals surface area contributed by atoms with Crippen LogP contribution in [-0.4, -0.2) is 24.1 Å². The molecular formula is C52H82O4. The monoisotopic (exact) mass is 771 g/mol. The molecule has 0 N–H and O–H groups in total. The number of ether oxygens (including phenoxy) is 2. The van der Waals surface area contributed by atoms with Gasteiger partial charge in [0.05, 0.1) is 11.1 Å². The Kier molecular flexibility index (Phi) is 22.3. The number of hydrogen-bond acceptors (Lipinski definition) is 4. The minimum absolute atomic E-state index is 0.381. The molecule has 2 aliphatic rings. The van der Waals surface area contributed by atoms with Gasteiger partial charge in [0.2, 0.25) is 0 Å². The highest BCUT2D eigenvalue weighted by atomic mass is 16.6. The standard InChI is InChI=1S/C52H82O4/c1-5-7-9-11-13-19-43-25-29-45(30-26-43)21-15-17-23-47-33-37-49(38-34-47)51(53)55-41(3)42(4)56-52(54)50-39-35-48(36-40-50)24-18-16-22-46-31-27-44(28-32-46)20-14-12-10-8-6-2/h33-46H,5-32H2,1-4H3/t41-,42-,43-,44-,45-,46-/m1/s1. The Labute approximate surface area is 344 Å². The largest absolute Gasteiger partial charge is 0.455 e. The summed E-state index contributed by atoms with van der Waals surface area (Å²) in [6.07, 6.45) is 37.2. The molecule has 2 aromatic rings. The summed E-state index contributed by atoms with van der Waals surface area (Å²) in [5.41, 5.74) is 3.61. The second kappa shape index (κ2) is 27.1. The third kappa shape index (κ3) is 17.9. The van der Waals surface area contributed by atoms with Gasteiger partial charge in [-0.05, 0) is 98.6 Å². The quantitative estimate of drug-likeness (QED) is 0.0670. The third-order valence-corrected chi connectivity index (χ3v) is 13.6. The van der Waals surface area contributed by atoms with E-state index in [2.05, 4.69) is 38.1 Å². The van der Waals surface area contributed by atoms with Crippen LogP contribution in [0.4, 0.5) is 0 Å². The van der Waals surface area contributed by atoms with E-state index in [0.717, 1.165) is 36.5 Å². The molecule has 2 atom stereocenters. The summed E-state index contributed by atoms with van der Waals surface area (Å²) in [4.78, 5) is 25.9. The zero-order chi connectivity index (χ0) is 39.8. The number of carbonyl (C=O) groups excluding carboxylic acids is 2. The number of aryl methyl sites for hydroxylation is 2. The maximum Gasteiger partial charge on any atom is 0.338 e. The first-order valence-corrected chi connectivity index (χ1v) is 23.9. The van der Waals surface area contributed by atoms with E-state index >= 15 is 0 Å². The van der Waals surface area contributed by atoms with E-state index in [1.165, 1.54) is 178 Å². The van der Waals surface area contributed by atoms with Crippen LogP contribution < -0.4 is 0 Å². The Morgan fingerprint density at radius 1 is 0.446 bits per heavy atom. The fourth-order valence-corrected chi connectivity index (χ4v) is 9.50. The van der Waals surface area contributed by atoms with Crippen LogP contribution in [0.25, 0.3) is 0 Å². The van der Waals surface area contributed by atoms with E-state index < -0.39 is 12.2 Å². The second-order valence-corrected chi connectivity index (χ2v) is 18.3. The first-order chi connectivity index (χ1) is 27.3. The van der Waals surface area contributed by atoms with Crippen molar-refractivity contribution in [1.29, 1.82) is 0 Å². The van der Waals surface area contributed by atoms with Crippen molar-refractivity contribution in [3.8, 4) is 0 Å². The molecule has 0 aliphatic heterocycles. The van der Waals surface area contributed by atoms with Crippen LogP contribution in [-0.2, 0) is 22.3 Å². The number of benzene rings is 2. The van der Waals surface area contributed by atoms with E-state index in [-0.39, 0.29) is 11.9 Å². The first kappa shape index (κ1) is 46.1. The summed E-state index contributed by atoms with van der Waals surface area (Å²) in [5.74, 6) is 3.06. The summed E-state index contributed by atoms with van der Waals surface area (Å²) in [5, 5.41) is 0.